The van der Waals surface area contributed by atoms with E-state index < -0.39 is 6.10 Å². The number of carbonyl (C=O) groups is 1. The Hall–Kier alpha value is -1.26. The average molecular weight is 258 g/mol. The van der Waals surface area contributed by atoms with E-state index in [4.69, 9.17) is 21.2 Å². The molecule has 1 aromatic rings. The summed E-state index contributed by atoms with van der Waals surface area (Å²) in [5, 5.41) is 0.670. The number of amides is 1. The SMILES string of the molecule is CCONC(=O)[C@@H](C)Oc1ccc(Cl)c(C)c1. The fourth-order valence-corrected chi connectivity index (χ4v) is 1.29. The summed E-state index contributed by atoms with van der Waals surface area (Å²) >= 11 is 5.89. The third-order valence-electron chi connectivity index (χ3n) is 2.13. The van der Waals surface area contributed by atoms with Gasteiger partial charge in [-0.1, -0.05) is 11.6 Å². The second kappa shape index (κ2) is 6.47. The topological polar surface area (TPSA) is 47.6 Å². The Balaban J connectivity index is 2.58. The maximum absolute atomic E-state index is 11.5. The predicted molar refractivity (Wildman–Crippen MR) is 66.0 cm³/mol. The summed E-state index contributed by atoms with van der Waals surface area (Å²) in [4.78, 5) is 16.3. The summed E-state index contributed by atoms with van der Waals surface area (Å²) in [6.07, 6.45) is -0.623. The van der Waals surface area contributed by atoms with Crippen LogP contribution in [0.3, 0.4) is 0 Å². The van der Waals surface area contributed by atoms with Crippen LogP contribution in [0.4, 0.5) is 0 Å². The minimum absolute atomic E-state index is 0.320. The molecule has 1 aromatic carbocycles. The van der Waals surface area contributed by atoms with Crippen LogP contribution >= 0.6 is 11.6 Å². The zero-order valence-electron chi connectivity index (χ0n) is 10.1. The first kappa shape index (κ1) is 13.8. The Morgan fingerprint density at radius 2 is 2.24 bits per heavy atom. The maximum Gasteiger partial charge on any atom is 0.284 e. The number of hydroxylamine groups is 1. The molecule has 1 N–H and O–H groups in total. The van der Waals surface area contributed by atoms with Crippen LogP contribution in [0.1, 0.15) is 19.4 Å². The normalized spacial score (nSPS) is 12.0. The molecule has 5 heteroatoms. The van der Waals surface area contributed by atoms with Crippen LogP contribution in [0, 0.1) is 6.92 Å². The number of ether oxygens (including phenoxy) is 1. The van der Waals surface area contributed by atoms with Gasteiger partial charge in [0.05, 0.1) is 6.61 Å². The molecule has 4 nitrogen and oxygen atoms in total. The van der Waals surface area contributed by atoms with E-state index in [2.05, 4.69) is 5.48 Å². The molecule has 0 spiro atoms. The Morgan fingerprint density at radius 1 is 1.53 bits per heavy atom. The van der Waals surface area contributed by atoms with Crippen molar-refractivity contribution in [2.75, 3.05) is 6.61 Å². The van der Waals surface area contributed by atoms with Gasteiger partial charge in [0.1, 0.15) is 5.75 Å². The number of aryl methyl sites for hydroxylation is 1. The van der Waals surface area contributed by atoms with Gasteiger partial charge in [-0.15, -0.1) is 0 Å². The van der Waals surface area contributed by atoms with Gasteiger partial charge in [-0.05, 0) is 44.5 Å². The highest BCUT2D eigenvalue weighted by Gasteiger charge is 2.14. The van der Waals surface area contributed by atoms with E-state index in [0.29, 0.717) is 17.4 Å². The third kappa shape index (κ3) is 4.24. The fraction of sp³-hybridized carbons (Fsp3) is 0.417. The van der Waals surface area contributed by atoms with Crippen LogP contribution in [0.15, 0.2) is 18.2 Å². The zero-order chi connectivity index (χ0) is 12.8. The van der Waals surface area contributed by atoms with E-state index in [1.165, 1.54) is 0 Å². The van der Waals surface area contributed by atoms with E-state index in [1.807, 2.05) is 6.92 Å². The van der Waals surface area contributed by atoms with Crippen LogP contribution in [-0.2, 0) is 9.63 Å². The van der Waals surface area contributed by atoms with E-state index in [0.717, 1.165) is 5.56 Å². The predicted octanol–water partition coefficient (Wildman–Crippen LogP) is 2.48. The van der Waals surface area contributed by atoms with Crippen molar-refractivity contribution >= 4 is 17.5 Å². The first-order valence-corrected chi connectivity index (χ1v) is 5.76. The molecule has 0 saturated carbocycles. The highest BCUT2D eigenvalue weighted by atomic mass is 35.5. The Kier molecular flexibility index (Phi) is 5.25. The molecule has 0 heterocycles. The first-order valence-electron chi connectivity index (χ1n) is 5.39. The molecule has 1 rings (SSSR count). The lowest BCUT2D eigenvalue weighted by atomic mass is 10.2. The Labute approximate surface area is 106 Å². The molecule has 1 atom stereocenters. The number of carbonyl (C=O) groups excluding carboxylic acids is 1. The van der Waals surface area contributed by atoms with Gasteiger partial charge >= 0.3 is 0 Å². The highest BCUT2D eigenvalue weighted by molar-refractivity contribution is 6.31. The lowest BCUT2D eigenvalue weighted by Crippen LogP contribution is -2.36. The van der Waals surface area contributed by atoms with Crippen molar-refractivity contribution in [1.29, 1.82) is 0 Å². The molecule has 0 bridgehead atoms. The number of hydrogen-bond donors (Lipinski definition) is 1. The van der Waals surface area contributed by atoms with Crippen LogP contribution in [0.5, 0.6) is 5.75 Å². The molecule has 0 aliphatic carbocycles. The van der Waals surface area contributed by atoms with Gasteiger partial charge in [0.15, 0.2) is 6.10 Å². The van der Waals surface area contributed by atoms with Gasteiger partial charge in [-0.3, -0.25) is 9.63 Å². The maximum atomic E-state index is 11.5. The number of rotatable bonds is 5. The average Bonchev–Trinajstić information content (AvgIpc) is 2.30. The minimum Gasteiger partial charge on any atom is -0.481 e. The van der Waals surface area contributed by atoms with Crippen LogP contribution < -0.4 is 10.2 Å². The number of halogens is 1. The molecule has 0 unspecified atom stereocenters. The lowest BCUT2D eigenvalue weighted by molar-refractivity contribution is -0.139. The number of benzene rings is 1. The number of hydrogen-bond acceptors (Lipinski definition) is 3. The minimum atomic E-state index is -0.623. The monoisotopic (exact) mass is 257 g/mol. The summed E-state index contributed by atoms with van der Waals surface area (Å²) in [5.41, 5.74) is 3.19. The largest absolute Gasteiger partial charge is 0.481 e. The van der Waals surface area contributed by atoms with Crippen molar-refractivity contribution in [3.63, 3.8) is 0 Å². The molecule has 0 radical (unpaired) electrons. The summed E-state index contributed by atoms with van der Waals surface area (Å²) in [6.45, 7) is 5.73. The molecular formula is C12H16ClNO3. The second-order valence-corrected chi connectivity index (χ2v) is 3.98. The van der Waals surface area contributed by atoms with Crippen LogP contribution in [0.2, 0.25) is 5.02 Å². The van der Waals surface area contributed by atoms with Crippen molar-refractivity contribution in [3.05, 3.63) is 28.8 Å². The number of nitrogens with one attached hydrogen (secondary N) is 1. The molecule has 0 aliphatic heterocycles. The summed E-state index contributed by atoms with van der Waals surface area (Å²) in [6, 6.07) is 5.24. The van der Waals surface area contributed by atoms with Crippen molar-refractivity contribution in [2.45, 2.75) is 26.9 Å². The van der Waals surface area contributed by atoms with E-state index in [1.54, 1.807) is 32.0 Å². The van der Waals surface area contributed by atoms with Crippen molar-refractivity contribution in [1.82, 2.24) is 5.48 Å². The smallest absolute Gasteiger partial charge is 0.284 e. The lowest BCUT2D eigenvalue weighted by Gasteiger charge is -2.14. The quantitative estimate of drug-likeness (QED) is 0.825. The van der Waals surface area contributed by atoms with Crippen molar-refractivity contribution in [2.24, 2.45) is 0 Å². The molecule has 0 aromatic heterocycles. The molecule has 17 heavy (non-hydrogen) atoms. The van der Waals surface area contributed by atoms with Crippen molar-refractivity contribution in [3.8, 4) is 5.75 Å². The molecule has 0 saturated heterocycles. The van der Waals surface area contributed by atoms with Gasteiger partial charge in [-0.2, -0.15) is 0 Å². The van der Waals surface area contributed by atoms with Gasteiger partial charge in [0, 0.05) is 5.02 Å². The Morgan fingerprint density at radius 3 is 2.82 bits per heavy atom. The summed E-state index contributed by atoms with van der Waals surface area (Å²) < 4.78 is 5.46. The van der Waals surface area contributed by atoms with Gasteiger partial charge in [0.2, 0.25) is 0 Å². The van der Waals surface area contributed by atoms with Gasteiger partial charge in [-0.25, -0.2) is 5.48 Å². The summed E-state index contributed by atoms with van der Waals surface area (Å²) in [7, 11) is 0. The zero-order valence-corrected chi connectivity index (χ0v) is 10.9. The third-order valence-corrected chi connectivity index (χ3v) is 2.55. The Bertz CT molecular complexity index is 395. The molecule has 0 aliphatic rings. The van der Waals surface area contributed by atoms with Gasteiger partial charge < -0.3 is 4.74 Å². The van der Waals surface area contributed by atoms with Crippen LogP contribution in [-0.4, -0.2) is 18.6 Å². The molecule has 0 fully saturated rings. The van der Waals surface area contributed by atoms with Crippen molar-refractivity contribution < 1.29 is 14.4 Å². The molecule has 94 valence electrons. The summed E-state index contributed by atoms with van der Waals surface area (Å²) in [5.74, 6) is 0.283. The van der Waals surface area contributed by atoms with E-state index in [-0.39, 0.29) is 5.91 Å². The standard InChI is InChI=1S/C12H16ClNO3/c1-4-16-14-12(15)9(3)17-10-5-6-11(13)8(2)7-10/h5-7,9H,4H2,1-3H3,(H,14,15)/t9-/m1/s1. The molecule has 1 amide bonds. The van der Waals surface area contributed by atoms with Crippen LogP contribution in [0.25, 0.3) is 0 Å². The second-order valence-electron chi connectivity index (χ2n) is 3.57. The highest BCUT2D eigenvalue weighted by Crippen LogP contribution is 2.21. The molecular weight excluding hydrogens is 242 g/mol. The first-order chi connectivity index (χ1) is 8.04. The van der Waals surface area contributed by atoms with Gasteiger partial charge in [0.25, 0.3) is 5.91 Å². The van der Waals surface area contributed by atoms with E-state index >= 15 is 0 Å². The fourth-order valence-electron chi connectivity index (χ4n) is 1.17. The van der Waals surface area contributed by atoms with E-state index in [9.17, 15) is 4.79 Å².